The lowest BCUT2D eigenvalue weighted by Crippen LogP contribution is -2.53. The van der Waals surface area contributed by atoms with E-state index >= 15 is 0 Å². The van der Waals surface area contributed by atoms with E-state index in [0.717, 1.165) is 61.3 Å². The quantitative estimate of drug-likeness (QED) is 0.617. The highest BCUT2D eigenvalue weighted by Crippen LogP contribution is 2.24. The molecule has 1 aromatic heterocycles. The fraction of sp³-hybridized carbons (Fsp3) is 0.524. The molecular weight excluding hydrogens is 372 g/mol. The van der Waals surface area contributed by atoms with Crippen molar-refractivity contribution in [1.82, 2.24) is 15.2 Å². The van der Waals surface area contributed by atoms with Gasteiger partial charge in [0, 0.05) is 37.2 Å². The number of ether oxygens (including phenoxy) is 2. The third-order valence-corrected chi connectivity index (χ3v) is 6.01. The molecule has 0 saturated carbocycles. The van der Waals surface area contributed by atoms with E-state index in [0.29, 0.717) is 13.2 Å². The number of thiazole rings is 1. The van der Waals surface area contributed by atoms with E-state index in [9.17, 15) is 0 Å². The Bertz CT molecular complexity index is 774. The summed E-state index contributed by atoms with van der Waals surface area (Å²) < 4.78 is 11.8. The number of morpholine rings is 1. The Kier molecular flexibility index (Phi) is 6.57. The van der Waals surface area contributed by atoms with Gasteiger partial charge >= 0.3 is 0 Å². The van der Waals surface area contributed by atoms with Crippen LogP contribution in [0.5, 0.6) is 0 Å². The van der Waals surface area contributed by atoms with E-state index in [1.807, 2.05) is 18.2 Å². The minimum absolute atomic E-state index is 0.129. The van der Waals surface area contributed by atoms with Crippen LogP contribution < -0.4 is 5.32 Å². The van der Waals surface area contributed by atoms with Crippen LogP contribution >= 0.6 is 11.3 Å². The van der Waals surface area contributed by atoms with Gasteiger partial charge in [-0.2, -0.15) is 0 Å². The monoisotopic (exact) mass is 400 g/mol. The van der Waals surface area contributed by atoms with Crippen LogP contribution in [0, 0.1) is 0 Å². The van der Waals surface area contributed by atoms with Crippen LogP contribution in [0.25, 0.3) is 10.6 Å². The molecule has 4 rings (SSSR count). The zero-order chi connectivity index (χ0) is 19.2. The Morgan fingerprint density at radius 2 is 2.11 bits per heavy atom. The van der Waals surface area contributed by atoms with Gasteiger partial charge in [-0.1, -0.05) is 30.3 Å². The highest BCUT2D eigenvalue weighted by molar-refractivity contribution is 7.13. The molecule has 0 amide bonds. The van der Waals surface area contributed by atoms with Crippen molar-refractivity contribution >= 4 is 17.3 Å². The van der Waals surface area contributed by atoms with E-state index in [4.69, 9.17) is 19.5 Å². The fourth-order valence-electron chi connectivity index (χ4n) is 3.66. The second-order valence-electron chi connectivity index (χ2n) is 7.09. The number of hydrogen-bond acceptors (Lipinski definition) is 5. The first kappa shape index (κ1) is 19.4. The van der Waals surface area contributed by atoms with Crippen molar-refractivity contribution in [1.29, 1.82) is 0 Å². The Hall–Kier alpha value is -1.96. The van der Waals surface area contributed by atoms with Crippen LogP contribution in [-0.4, -0.2) is 60.9 Å². The minimum Gasteiger partial charge on any atom is -0.375 e. The standard InChI is InChI=1S/C21H28N4O2S/c1-2-22-21(25-10-12-27-19(14-25)18-9-6-11-26-18)23-13-17-15-28-20(24-17)16-7-4-3-5-8-16/h3-5,7-8,15,18-19H,2,6,9-14H2,1H3,(H,22,23). The highest BCUT2D eigenvalue weighted by atomic mass is 32.1. The molecule has 3 heterocycles. The van der Waals surface area contributed by atoms with Crippen molar-refractivity contribution in [2.75, 3.05) is 32.8 Å². The maximum absolute atomic E-state index is 5.98. The first-order chi connectivity index (χ1) is 13.8. The SMILES string of the molecule is CCNC(=NCc1csc(-c2ccccc2)n1)N1CCOC(C2CCCO2)C1. The van der Waals surface area contributed by atoms with Gasteiger partial charge in [-0.15, -0.1) is 11.3 Å². The smallest absolute Gasteiger partial charge is 0.194 e. The summed E-state index contributed by atoms with van der Waals surface area (Å²) in [5.41, 5.74) is 2.16. The van der Waals surface area contributed by atoms with E-state index in [-0.39, 0.29) is 12.2 Å². The lowest BCUT2D eigenvalue weighted by atomic mass is 10.1. The maximum atomic E-state index is 5.98. The molecular formula is C21H28N4O2S. The number of benzene rings is 1. The number of aliphatic imine (C=N–C) groups is 1. The fourth-order valence-corrected chi connectivity index (χ4v) is 4.48. The largest absolute Gasteiger partial charge is 0.375 e. The summed E-state index contributed by atoms with van der Waals surface area (Å²) in [6.07, 6.45) is 2.57. The summed E-state index contributed by atoms with van der Waals surface area (Å²) in [6, 6.07) is 10.3. The molecule has 2 atom stereocenters. The Morgan fingerprint density at radius 3 is 2.89 bits per heavy atom. The maximum Gasteiger partial charge on any atom is 0.194 e. The van der Waals surface area contributed by atoms with Crippen LogP contribution in [0.4, 0.5) is 0 Å². The van der Waals surface area contributed by atoms with Gasteiger partial charge in [0.2, 0.25) is 0 Å². The molecule has 6 nitrogen and oxygen atoms in total. The molecule has 0 spiro atoms. The summed E-state index contributed by atoms with van der Waals surface area (Å²) in [4.78, 5) is 11.9. The van der Waals surface area contributed by atoms with Crippen molar-refractivity contribution in [3.8, 4) is 10.6 Å². The Labute approximate surface area is 170 Å². The number of nitrogens with one attached hydrogen (secondary N) is 1. The number of guanidine groups is 1. The second kappa shape index (κ2) is 9.49. The third-order valence-electron chi connectivity index (χ3n) is 5.07. The van der Waals surface area contributed by atoms with Crippen LogP contribution in [0.1, 0.15) is 25.5 Å². The van der Waals surface area contributed by atoms with Gasteiger partial charge in [0.1, 0.15) is 11.1 Å². The third kappa shape index (κ3) is 4.71. The summed E-state index contributed by atoms with van der Waals surface area (Å²) in [5.74, 6) is 0.933. The molecule has 0 bridgehead atoms. The van der Waals surface area contributed by atoms with Crippen LogP contribution in [0.2, 0.25) is 0 Å². The molecule has 150 valence electrons. The van der Waals surface area contributed by atoms with Crippen molar-refractivity contribution in [3.05, 3.63) is 41.4 Å². The lowest BCUT2D eigenvalue weighted by Gasteiger charge is -2.37. The zero-order valence-corrected chi connectivity index (χ0v) is 17.2. The molecule has 2 saturated heterocycles. The molecule has 1 aromatic carbocycles. The van der Waals surface area contributed by atoms with Gasteiger partial charge < -0.3 is 19.7 Å². The number of rotatable bonds is 5. The van der Waals surface area contributed by atoms with E-state index < -0.39 is 0 Å². The molecule has 2 aliphatic rings. The number of hydrogen-bond donors (Lipinski definition) is 1. The zero-order valence-electron chi connectivity index (χ0n) is 16.3. The normalized spacial score (nSPS) is 23.2. The van der Waals surface area contributed by atoms with E-state index in [1.165, 1.54) is 0 Å². The predicted molar refractivity (Wildman–Crippen MR) is 113 cm³/mol. The average molecular weight is 401 g/mol. The van der Waals surface area contributed by atoms with Crippen LogP contribution in [0.3, 0.4) is 0 Å². The van der Waals surface area contributed by atoms with E-state index in [1.54, 1.807) is 11.3 Å². The van der Waals surface area contributed by atoms with Crippen molar-refractivity contribution in [2.24, 2.45) is 4.99 Å². The first-order valence-electron chi connectivity index (χ1n) is 10.1. The average Bonchev–Trinajstić information content (AvgIpc) is 3.44. The minimum atomic E-state index is 0.129. The van der Waals surface area contributed by atoms with Crippen molar-refractivity contribution in [2.45, 2.75) is 38.5 Å². The molecule has 7 heteroatoms. The molecule has 0 aliphatic carbocycles. The van der Waals surface area contributed by atoms with E-state index in [2.05, 4.69) is 34.7 Å². The van der Waals surface area contributed by atoms with Gasteiger partial charge in [-0.25, -0.2) is 9.98 Å². The molecule has 1 N–H and O–H groups in total. The Balaban J connectivity index is 1.42. The summed E-state index contributed by atoms with van der Waals surface area (Å²) in [5, 5.41) is 6.57. The van der Waals surface area contributed by atoms with Crippen molar-refractivity contribution in [3.63, 3.8) is 0 Å². The van der Waals surface area contributed by atoms with Gasteiger partial charge in [0.15, 0.2) is 5.96 Å². The molecule has 2 unspecified atom stereocenters. The molecule has 0 radical (unpaired) electrons. The second-order valence-corrected chi connectivity index (χ2v) is 7.95. The first-order valence-corrected chi connectivity index (χ1v) is 11.0. The molecule has 2 fully saturated rings. The van der Waals surface area contributed by atoms with Gasteiger partial charge in [0.05, 0.1) is 24.9 Å². The van der Waals surface area contributed by atoms with Crippen LogP contribution in [0.15, 0.2) is 40.7 Å². The van der Waals surface area contributed by atoms with Gasteiger partial charge in [0.25, 0.3) is 0 Å². The molecule has 2 aliphatic heterocycles. The highest BCUT2D eigenvalue weighted by Gasteiger charge is 2.32. The predicted octanol–water partition coefficient (Wildman–Crippen LogP) is 3.16. The van der Waals surface area contributed by atoms with Gasteiger partial charge in [-0.05, 0) is 19.8 Å². The summed E-state index contributed by atoms with van der Waals surface area (Å²) in [6.45, 7) is 6.75. The van der Waals surface area contributed by atoms with Crippen LogP contribution in [-0.2, 0) is 16.0 Å². The lowest BCUT2D eigenvalue weighted by molar-refractivity contribution is -0.0817. The molecule has 28 heavy (non-hydrogen) atoms. The number of aromatic nitrogens is 1. The number of nitrogens with zero attached hydrogens (tertiary/aromatic N) is 3. The summed E-state index contributed by atoms with van der Waals surface area (Å²) in [7, 11) is 0. The van der Waals surface area contributed by atoms with Crippen molar-refractivity contribution < 1.29 is 9.47 Å². The topological polar surface area (TPSA) is 59.0 Å². The summed E-state index contributed by atoms with van der Waals surface area (Å²) >= 11 is 1.67. The van der Waals surface area contributed by atoms with Gasteiger partial charge in [-0.3, -0.25) is 0 Å². The molecule has 2 aromatic rings. The Morgan fingerprint density at radius 1 is 1.25 bits per heavy atom.